The Bertz CT molecular complexity index is 137. The smallest absolute Gasteiger partial charge is 0.0469 e. The van der Waals surface area contributed by atoms with Gasteiger partial charge in [-0.2, -0.15) is 0 Å². The molecule has 0 saturated carbocycles. The van der Waals surface area contributed by atoms with Crippen molar-refractivity contribution in [2.75, 3.05) is 26.3 Å². The normalized spacial score (nSPS) is 13.3. The van der Waals surface area contributed by atoms with Crippen molar-refractivity contribution in [1.29, 1.82) is 0 Å². The molecular weight excluding hydrogens is 198 g/mol. The Morgan fingerprint density at radius 3 is 2.38 bits per heavy atom. The summed E-state index contributed by atoms with van der Waals surface area (Å²) in [6.07, 6.45) is 4.84. The fraction of sp³-hybridized carbons (Fsp3) is 1.00. The third-order valence-electron chi connectivity index (χ3n) is 3.05. The van der Waals surface area contributed by atoms with Crippen LogP contribution in [0.4, 0.5) is 0 Å². The molecule has 0 aromatic rings. The topological polar surface area (TPSA) is 21.3 Å². The van der Waals surface area contributed by atoms with Gasteiger partial charge in [0.05, 0.1) is 0 Å². The second-order valence-electron chi connectivity index (χ2n) is 4.96. The number of hydrogen-bond acceptors (Lipinski definition) is 2. The average molecular weight is 229 g/mol. The van der Waals surface area contributed by atoms with Gasteiger partial charge in [-0.3, -0.25) is 0 Å². The van der Waals surface area contributed by atoms with Gasteiger partial charge in [0.15, 0.2) is 0 Å². The lowest BCUT2D eigenvalue weighted by atomic mass is 9.93. The van der Waals surface area contributed by atoms with Crippen molar-refractivity contribution in [2.24, 2.45) is 11.8 Å². The van der Waals surface area contributed by atoms with Crippen LogP contribution in [0.5, 0.6) is 0 Å². The number of ether oxygens (including phenoxy) is 1. The number of unbranched alkanes of at least 4 members (excludes halogenated alkanes) is 1. The van der Waals surface area contributed by atoms with Crippen molar-refractivity contribution in [2.45, 2.75) is 53.4 Å². The second kappa shape index (κ2) is 11.4. The van der Waals surface area contributed by atoms with Crippen LogP contribution in [-0.4, -0.2) is 26.3 Å². The zero-order valence-corrected chi connectivity index (χ0v) is 11.7. The molecule has 0 saturated heterocycles. The Labute approximate surface area is 102 Å². The number of nitrogens with one attached hydrogen (secondary N) is 1. The molecule has 0 aliphatic heterocycles. The first kappa shape index (κ1) is 15.9. The van der Waals surface area contributed by atoms with Gasteiger partial charge in [0.1, 0.15) is 0 Å². The quantitative estimate of drug-likeness (QED) is 0.548. The maximum absolute atomic E-state index is 5.63. The summed E-state index contributed by atoms with van der Waals surface area (Å²) < 4.78 is 5.63. The van der Waals surface area contributed by atoms with Crippen molar-refractivity contribution in [3.8, 4) is 0 Å². The molecule has 0 heterocycles. The monoisotopic (exact) mass is 229 g/mol. The molecule has 1 unspecified atom stereocenters. The summed E-state index contributed by atoms with van der Waals surface area (Å²) in [4.78, 5) is 0. The molecule has 0 fully saturated rings. The highest BCUT2D eigenvalue weighted by molar-refractivity contribution is 4.65. The first-order valence-electron chi connectivity index (χ1n) is 7.00. The molecule has 0 spiro atoms. The Balaban J connectivity index is 3.52. The highest BCUT2D eigenvalue weighted by Gasteiger charge is 2.12. The van der Waals surface area contributed by atoms with Gasteiger partial charge in [0, 0.05) is 13.2 Å². The van der Waals surface area contributed by atoms with E-state index >= 15 is 0 Å². The first-order chi connectivity index (χ1) is 7.72. The maximum Gasteiger partial charge on any atom is 0.0469 e. The van der Waals surface area contributed by atoms with Gasteiger partial charge in [-0.1, -0.05) is 34.1 Å². The van der Waals surface area contributed by atoms with Crippen molar-refractivity contribution >= 4 is 0 Å². The first-order valence-corrected chi connectivity index (χ1v) is 7.00. The van der Waals surface area contributed by atoms with Gasteiger partial charge < -0.3 is 10.1 Å². The predicted molar refractivity (Wildman–Crippen MR) is 71.8 cm³/mol. The molecule has 0 aromatic carbocycles. The SMILES string of the molecule is CCCCOCCC(CNCCC)C(C)C. The van der Waals surface area contributed by atoms with E-state index in [2.05, 4.69) is 33.0 Å². The summed E-state index contributed by atoms with van der Waals surface area (Å²) in [6, 6.07) is 0. The van der Waals surface area contributed by atoms with Crippen LogP contribution in [0.25, 0.3) is 0 Å². The van der Waals surface area contributed by atoms with Crippen LogP contribution in [0.1, 0.15) is 53.4 Å². The molecule has 1 atom stereocenters. The van der Waals surface area contributed by atoms with Crippen molar-refractivity contribution in [1.82, 2.24) is 5.32 Å². The maximum atomic E-state index is 5.63. The summed E-state index contributed by atoms with van der Waals surface area (Å²) in [7, 11) is 0. The minimum Gasteiger partial charge on any atom is -0.381 e. The largest absolute Gasteiger partial charge is 0.381 e. The van der Waals surface area contributed by atoms with Crippen molar-refractivity contribution in [3.05, 3.63) is 0 Å². The van der Waals surface area contributed by atoms with Gasteiger partial charge >= 0.3 is 0 Å². The summed E-state index contributed by atoms with van der Waals surface area (Å²) in [5.74, 6) is 1.51. The summed E-state index contributed by atoms with van der Waals surface area (Å²) in [6.45, 7) is 13.2. The van der Waals surface area contributed by atoms with E-state index in [9.17, 15) is 0 Å². The van der Waals surface area contributed by atoms with E-state index in [0.717, 1.165) is 38.1 Å². The lowest BCUT2D eigenvalue weighted by Gasteiger charge is -2.21. The predicted octanol–water partition coefficient (Wildman–Crippen LogP) is 3.47. The third kappa shape index (κ3) is 9.17. The summed E-state index contributed by atoms with van der Waals surface area (Å²) >= 11 is 0. The highest BCUT2D eigenvalue weighted by Crippen LogP contribution is 2.14. The zero-order chi connectivity index (χ0) is 12.2. The van der Waals surface area contributed by atoms with E-state index < -0.39 is 0 Å². The van der Waals surface area contributed by atoms with Gasteiger partial charge in [0.25, 0.3) is 0 Å². The molecule has 1 N–H and O–H groups in total. The van der Waals surface area contributed by atoms with Crippen molar-refractivity contribution < 1.29 is 4.74 Å². The minimum absolute atomic E-state index is 0.749. The van der Waals surface area contributed by atoms with Gasteiger partial charge in [-0.15, -0.1) is 0 Å². The van der Waals surface area contributed by atoms with Crippen LogP contribution in [0.2, 0.25) is 0 Å². The average Bonchev–Trinajstić information content (AvgIpc) is 2.26. The molecule has 0 aliphatic rings. The zero-order valence-electron chi connectivity index (χ0n) is 11.7. The summed E-state index contributed by atoms with van der Waals surface area (Å²) in [5, 5.41) is 3.51. The molecule has 2 heteroatoms. The lowest BCUT2D eigenvalue weighted by molar-refractivity contribution is 0.110. The van der Waals surface area contributed by atoms with Crippen LogP contribution in [-0.2, 0) is 4.74 Å². The Morgan fingerprint density at radius 2 is 1.81 bits per heavy atom. The van der Waals surface area contributed by atoms with E-state index in [0.29, 0.717) is 0 Å². The number of rotatable bonds is 11. The van der Waals surface area contributed by atoms with E-state index in [1.54, 1.807) is 0 Å². The van der Waals surface area contributed by atoms with E-state index in [-0.39, 0.29) is 0 Å². The molecule has 0 aromatic heterocycles. The van der Waals surface area contributed by atoms with Crippen LogP contribution in [0.3, 0.4) is 0 Å². The molecular formula is C14H31NO. The highest BCUT2D eigenvalue weighted by atomic mass is 16.5. The van der Waals surface area contributed by atoms with Crippen molar-refractivity contribution in [3.63, 3.8) is 0 Å². The molecule has 0 aliphatic carbocycles. The summed E-state index contributed by atoms with van der Waals surface area (Å²) in [5.41, 5.74) is 0. The minimum atomic E-state index is 0.749. The standard InChI is InChI=1S/C14H31NO/c1-5-7-10-16-11-8-14(13(3)4)12-15-9-6-2/h13-15H,5-12H2,1-4H3. The molecule has 2 nitrogen and oxygen atoms in total. The van der Waals surface area contributed by atoms with Crippen LogP contribution >= 0.6 is 0 Å². The van der Waals surface area contributed by atoms with Gasteiger partial charge in [-0.05, 0) is 44.2 Å². The number of hydrogen-bond donors (Lipinski definition) is 1. The van der Waals surface area contributed by atoms with E-state index in [1.807, 2.05) is 0 Å². The van der Waals surface area contributed by atoms with Gasteiger partial charge in [-0.25, -0.2) is 0 Å². The van der Waals surface area contributed by atoms with Gasteiger partial charge in [0.2, 0.25) is 0 Å². The second-order valence-corrected chi connectivity index (χ2v) is 4.96. The Hall–Kier alpha value is -0.0800. The molecule has 0 amide bonds. The van der Waals surface area contributed by atoms with E-state index in [4.69, 9.17) is 4.74 Å². The van der Waals surface area contributed by atoms with Crippen LogP contribution in [0.15, 0.2) is 0 Å². The fourth-order valence-corrected chi connectivity index (χ4v) is 1.72. The van der Waals surface area contributed by atoms with E-state index in [1.165, 1.54) is 25.7 Å². The Morgan fingerprint density at radius 1 is 1.06 bits per heavy atom. The Kier molecular flexibility index (Phi) is 11.3. The van der Waals surface area contributed by atoms with Crippen LogP contribution < -0.4 is 5.32 Å². The molecule has 16 heavy (non-hydrogen) atoms. The lowest BCUT2D eigenvalue weighted by Crippen LogP contribution is -2.27. The molecule has 98 valence electrons. The third-order valence-corrected chi connectivity index (χ3v) is 3.05. The molecule has 0 rings (SSSR count). The molecule has 0 radical (unpaired) electrons. The molecule has 0 bridgehead atoms. The fourth-order valence-electron chi connectivity index (χ4n) is 1.72. The van der Waals surface area contributed by atoms with Crippen LogP contribution in [0, 0.1) is 11.8 Å².